The Labute approximate surface area is 125 Å². The van der Waals surface area contributed by atoms with Crippen LogP contribution in [0.5, 0.6) is 0 Å². The predicted molar refractivity (Wildman–Crippen MR) is 71.2 cm³/mol. The Balaban J connectivity index is 3.48. The predicted octanol–water partition coefficient (Wildman–Crippen LogP) is 3.97. The molecule has 1 rings (SSSR count). The van der Waals surface area contributed by atoms with Crippen molar-refractivity contribution < 1.29 is 25.8 Å². The van der Waals surface area contributed by atoms with Gasteiger partial charge in [0.2, 0.25) is 5.60 Å². The summed E-state index contributed by atoms with van der Waals surface area (Å²) >= 11 is 6.10. The van der Waals surface area contributed by atoms with Gasteiger partial charge in [-0.15, -0.1) is 0 Å². The molecule has 0 aliphatic carbocycles. The molecule has 0 amide bonds. The van der Waals surface area contributed by atoms with Gasteiger partial charge >= 0.3 is 6.18 Å². The van der Waals surface area contributed by atoms with Crippen LogP contribution in [0.15, 0.2) is 27.1 Å². The van der Waals surface area contributed by atoms with Crippen LogP contribution in [0.3, 0.4) is 0 Å². The molecule has 0 aliphatic rings. The van der Waals surface area contributed by atoms with Gasteiger partial charge in [-0.05, 0) is 30.7 Å². The normalized spacial score (nSPS) is 16.2. The summed E-state index contributed by atoms with van der Waals surface area (Å²) in [4.78, 5) is 0. The zero-order chi connectivity index (χ0) is 15.1. The van der Waals surface area contributed by atoms with E-state index in [9.17, 15) is 21.6 Å². The van der Waals surface area contributed by atoms with Gasteiger partial charge in [0.1, 0.15) is 0 Å². The molecule has 0 heterocycles. The smallest absolute Gasteiger partial charge is 0.249 e. The van der Waals surface area contributed by atoms with E-state index >= 15 is 0 Å². The van der Waals surface area contributed by atoms with Crippen molar-refractivity contribution in [1.82, 2.24) is 0 Å². The standard InChI is InChI=1S/C10H9Br2F3O3S/c1-9(10(13,14)15,18-19(2,16)17)6-3-7(11)5-8(12)4-6/h3-5H,1-2H3. The minimum Gasteiger partial charge on any atom is -0.249 e. The maximum Gasteiger partial charge on any atom is 0.422 e. The van der Waals surface area contributed by atoms with Crippen LogP contribution in [0, 0.1) is 0 Å². The molecule has 3 nitrogen and oxygen atoms in total. The summed E-state index contributed by atoms with van der Waals surface area (Å²) in [5.41, 5.74) is -3.28. The number of hydrogen-bond donors (Lipinski definition) is 0. The summed E-state index contributed by atoms with van der Waals surface area (Å²) in [6.45, 7) is 0.669. The lowest BCUT2D eigenvalue weighted by Gasteiger charge is -2.31. The van der Waals surface area contributed by atoms with Crippen molar-refractivity contribution in [1.29, 1.82) is 0 Å². The third kappa shape index (κ3) is 4.17. The largest absolute Gasteiger partial charge is 0.422 e. The fraction of sp³-hybridized carbons (Fsp3) is 0.400. The van der Waals surface area contributed by atoms with E-state index in [0.29, 0.717) is 22.1 Å². The highest BCUT2D eigenvalue weighted by molar-refractivity contribution is 9.11. The summed E-state index contributed by atoms with van der Waals surface area (Å²) in [6, 6.07) is 3.84. The van der Waals surface area contributed by atoms with E-state index < -0.39 is 21.9 Å². The van der Waals surface area contributed by atoms with Crippen LogP contribution in [0.25, 0.3) is 0 Å². The lowest BCUT2D eigenvalue weighted by atomic mass is 9.96. The summed E-state index contributed by atoms with van der Waals surface area (Å²) in [6.07, 6.45) is -4.32. The summed E-state index contributed by atoms with van der Waals surface area (Å²) in [5, 5.41) is 0. The third-order valence-corrected chi connectivity index (χ3v) is 3.82. The Bertz CT molecular complexity index is 566. The van der Waals surface area contributed by atoms with Crippen LogP contribution in [-0.4, -0.2) is 20.8 Å². The highest BCUT2D eigenvalue weighted by Crippen LogP contribution is 2.44. The molecular weight excluding hydrogens is 417 g/mol. The van der Waals surface area contributed by atoms with E-state index in [1.807, 2.05) is 0 Å². The molecule has 0 spiro atoms. The lowest BCUT2D eigenvalue weighted by molar-refractivity contribution is -0.246. The van der Waals surface area contributed by atoms with Crippen molar-refractivity contribution in [3.05, 3.63) is 32.7 Å². The number of benzene rings is 1. The van der Waals surface area contributed by atoms with Crippen LogP contribution in [-0.2, 0) is 19.9 Å². The molecule has 1 aromatic carbocycles. The lowest BCUT2D eigenvalue weighted by Crippen LogP contribution is -2.43. The second-order valence-electron chi connectivity index (χ2n) is 3.98. The molecule has 0 aromatic heterocycles. The molecule has 0 N–H and O–H groups in total. The van der Waals surface area contributed by atoms with Gasteiger partial charge in [-0.25, -0.2) is 4.18 Å². The fourth-order valence-corrected chi connectivity index (χ4v) is 3.48. The maximum absolute atomic E-state index is 13.2. The van der Waals surface area contributed by atoms with Crippen molar-refractivity contribution in [3.8, 4) is 0 Å². The topological polar surface area (TPSA) is 43.4 Å². The minimum atomic E-state index is -4.89. The minimum absolute atomic E-state index is 0.327. The van der Waals surface area contributed by atoms with E-state index in [-0.39, 0.29) is 5.56 Å². The van der Waals surface area contributed by atoms with Crippen molar-refractivity contribution in [2.75, 3.05) is 6.26 Å². The quantitative estimate of drug-likeness (QED) is 0.688. The Morgan fingerprint density at radius 1 is 1.11 bits per heavy atom. The second kappa shape index (κ2) is 5.34. The zero-order valence-corrected chi connectivity index (χ0v) is 13.7. The molecule has 1 unspecified atom stereocenters. The van der Waals surface area contributed by atoms with Crippen LogP contribution in [0.2, 0.25) is 0 Å². The van der Waals surface area contributed by atoms with Crippen LogP contribution in [0.4, 0.5) is 13.2 Å². The highest BCUT2D eigenvalue weighted by atomic mass is 79.9. The van der Waals surface area contributed by atoms with E-state index in [4.69, 9.17) is 0 Å². The average molecular weight is 426 g/mol. The highest BCUT2D eigenvalue weighted by Gasteiger charge is 2.56. The van der Waals surface area contributed by atoms with Crippen LogP contribution < -0.4 is 0 Å². The summed E-state index contributed by atoms with van der Waals surface area (Å²) in [7, 11) is -4.29. The number of alkyl halides is 3. The van der Waals surface area contributed by atoms with Gasteiger partial charge in [0.25, 0.3) is 10.1 Å². The molecule has 0 bridgehead atoms. The maximum atomic E-state index is 13.2. The third-order valence-electron chi connectivity index (χ3n) is 2.27. The Kier molecular flexibility index (Phi) is 4.76. The summed E-state index contributed by atoms with van der Waals surface area (Å²) < 4.78 is 66.7. The van der Waals surface area contributed by atoms with Crippen molar-refractivity contribution in [2.24, 2.45) is 0 Å². The second-order valence-corrected chi connectivity index (χ2v) is 7.38. The van der Waals surface area contributed by atoms with Crippen LogP contribution >= 0.6 is 31.9 Å². The molecule has 108 valence electrons. The molecule has 0 saturated heterocycles. The number of halogens is 5. The average Bonchev–Trinajstić information content (AvgIpc) is 2.11. The Morgan fingerprint density at radius 2 is 1.53 bits per heavy atom. The van der Waals surface area contributed by atoms with Gasteiger partial charge in [0.15, 0.2) is 0 Å². The SMILES string of the molecule is CC(OS(C)(=O)=O)(c1cc(Br)cc(Br)c1)C(F)(F)F. The molecule has 1 aromatic rings. The molecule has 1 atom stereocenters. The molecular formula is C10H9Br2F3O3S. The first-order valence-corrected chi connectivity index (χ1v) is 8.19. The van der Waals surface area contributed by atoms with Crippen molar-refractivity contribution in [2.45, 2.75) is 18.7 Å². The Morgan fingerprint density at radius 3 is 1.84 bits per heavy atom. The zero-order valence-electron chi connectivity index (χ0n) is 9.75. The van der Waals surface area contributed by atoms with Gasteiger partial charge < -0.3 is 0 Å². The molecule has 0 aliphatic heterocycles. The van der Waals surface area contributed by atoms with Gasteiger partial charge in [-0.2, -0.15) is 21.6 Å². The van der Waals surface area contributed by atoms with E-state index in [2.05, 4.69) is 36.0 Å². The molecule has 0 saturated carbocycles. The molecule has 9 heteroatoms. The molecule has 0 radical (unpaired) electrons. The molecule has 19 heavy (non-hydrogen) atoms. The van der Waals surface area contributed by atoms with Gasteiger partial charge in [0.05, 0.1) is 6.26 Å². The van der Waals surface area contributed by atoms with Crippen molar-refractivity contribution >= 4 is 42.0 Å². The van der Waals surface area contributed by atoms with Gasteiger partial charge in [-0.3, -0.25) is 0 Å². The van der Waals surface area contributed by atoms with E-state index in [0.717, 1.165) is 12.1 Å². The van der Waals surface area contributed by atoms with Gasteiger partial charge in [0, 0.05) is 8.95 Å². The monoisotopic (exact) mass is 424 g/mol. The molecule has 0 fully saturated rings. The fourth-order valence-electron chi connectivity index (χ4n) is 1.39. The first kappa shape index (κ1) is 16.9. The van der Waals surface area contributed by atoms with Crippen LogP contribution in [0.1, 0.15) is 12.5 Å². The first-order valence-electron chi connectivity index (χ1n) is 4.79. The van der Waals surface area contributed by atoms with E-state index in [1.165, 1.54) is 6.07 Å². The first-order chi connectivity index (χ1) is 8.35. The Hall–Kier alpha value is -0.120. The number of rotatable bonds is 3. The van der Waals surface area contributed by atoms with Gasteiger partial charge in [-0.1, -0.05) is 31.9 Å². The summed E-state index contributed by atoms with van der Waals surface area (Å²) in [5.74, 6) is 0. The van der Waals surface area contributed by atoms with E-state index in [1.54, 1.807) is 0 Å². The number of hydrogen-bond acceptors (Lipinski definition) is 3. The van der Waals surface area contributed by atoms with Crippen molar-refractivity contribution in [3.63, 3.8) is 0 Å².